The number of nitrogens with zero attached hydrogens (tertiary/aromatic N) is 1. The molecule has 0 saturated carbocycles. The maximum absolute atomic E-state index is 12.8. The van der Waals surface area contributed by atoms with Crippen LogP contribution in [-0.4, -0.2) is 31.9 Å². The first-order valence-electron chi connectivity index (χ1n) is 13.4. The van der Waals surface area contributed by atoms with E-state index >= 15 is 0 Å². The third-order valence-corrected chi connectivity index (χ3v) is 5.98. The topological polar surface area (TPSA) is 78.4 Å². The van der Waals surface area contributed by atoms with E-state index in [1.807, 2.05) is 44.2 Å². The second-order valence-electron chi connectivity index (χ2n) is 8.74. The lowest BCUT2D eigenvalue weighted by molar-refractivity contribution is 0.0954. The maximum Gasteiger partial charge on any atom is 0.271 e. The fourth-order valence-corrected chi connectivity index (χ4v) is 4.04. The SMILES string of the molecule is CCCCCCOc1c(Cl)cc(/C=N/NC(=O)c2ccc(OCc3ccccc3)c(OCC)c2)cc1OCC. The van der Waals surface area contributed by atoms with Crippen molar-refractivity contribution in [3.8, 4) is 23.0 Å². The number of unbranched alkanes of at least 4 members (excludes halogenated alkanes) is 3. The number of hydrogen-bond acceptors (Lipinski definition) is 6. The van der Waals surface area contributed by atoms with E-state index in [4.69, 9.17) is 30.5 Å². The van der Waals surface area contributed by atoms with Crippen molar-refractivity contribution >= 4 is 23.7 Å². The molecule has 8 heteroatoms. The second-order valence-corrected chi connectivity index (χ2v) is 9.15. The molecule has 0 aliphatic carbocycles. The molecule has 208 valence electrons. The van der Waals surface area contributed by atoms with E-state index < -0.39 is 0 Å². The first-order valence-corrected chi connectivity index (χ1v) is 13.8. The largest absolute Gasteiger partial charge is 0.490 e. The summed E-state index contributed by atoms with van der Waals surface area (Å²) in [6.45, 7) is 7.82. The van der Waals surface area contributed by atoms with Crippen molar-refractivity contribution < 1.29 is 23.7 Å². The van der Waals surface area contributed by atoms with E-state index in [0.29, 0.717) is 65.6 Å². The molecule has 0 atom stereocenters. The molecule has 0 aromatic heterocycles. The molecule has 0 heterocycles. The van der Waals surface area contributed by atoms with Gasteiger partial charge < -0.3 is 18.9 Å². The molecule has 7 nitrogen and oxygen atoms in total. The smallest absolute Gasteiger partial charge is 0.271 e. The average molecular weight is 553 g/mol. The molecular formula is C31H37ClN2O5. The van der Waals surface area contributed by atoms with Crippen LogP contribution < -0.4 is 24.4 Å². The van der Waals surface area contributed by atoms with E-state index in [-0.39, 0.29) is 5.91 Å². The minimum absolute atomic E-state index is 0.384. The number of nitrogens with one attached hydrogen (secondary N) is 1. The van der Waals surface area contributed by atoms with Gasteiger partial charge in [0.1, 0.15) is 6.61 Å². The summed E-state index contributed by atoms with van der Waals surface area (Å²) >= 11 is 6.49. The number of carbonyl (C=O) groups excluding carboxylic acids is 1. The Kier molecular flexibility index (Phi) is 12.5. The molecule has 0 radical (unpaired) electrons. The summed E-state index contributed by atoms with van der Waals surface area (Å²) in [6, 6.07) is 18.4. The molecule has 0 aliphatic rings. The molecule has 0 fully saturated rings. The van der Waals surface area contributed by atoms with Crippen LogP contribution in [0.4, 0.5) is 0 Å². The zero-order chi connectivity index (χ0) is 27.9. The summed E-state index contributed by atoms with van der Waals surface area (Å²) < 4.78 is 23.3. The predicted molar refractivity (Wildman–Crippen MR) is 156 cm³/mol. The Morgan fingerprint density at radius 1 is 0.846 bits per heavy atom. The third-order valence-electron chi connectivity index (χ3n) is 5.70. The van der Waals surface area contributed by atoms with Gasteiger partial charge in [0, 0.05) is 5.56 Å². The number of halogens is 1. The molecular weight excluding hydrogens is 516 g/mol. The molecule has 0 unspecified atom stereocenters. The number of benzene rings is 3. The third kappa shape index (κ3) is 9.52. The van der Waals surface area contributed by atoms with Crippen molar-refractivity contribution in [1.29, 1.82) is 0 Å². The lowest BCUT2D eigenvalue weighted by Gasteiger charge is -2.14. The van der Waals surface area contributed by atoms with Gasteiger partial charge in [0.2, 0.25) is 0 Å². The molecule has 3 rings (SSSR count). The Balaban J connectivity index is 1.65. The number of rotatable bonds is 16. The second kappa shape index (κ2) is 16.3. The Morgan fingerprint density at radius 3 is 2.36 bits per heavy atom. The van der Waals surface area contributed by atoms with Crippen molar-refractivity contribution in [3.05, 3.63) is 82.4 Å². The molecule has 39 heavy (non-hydrogen) atoms. The van der Waals surface area contributed by atoms with Crippen LogP contribution in [0, 0.1) is 0 Å². The van der Waals surface area contributed by atoms with Crippen LogP contribution in [0.5, 0.6) is 23.0 Å². The number of carbonyl (C=O) groups is 1. The van der Waals surface area contributed by atoms with Gasteiger partial charge in [-0.05, 0) is 61.7 Å². The molecule has 0 saturated heterocycles. The lowest BCUT2D eigenvalue weighted by Crippen LogP contribution is -2.17. The lowest BCUT2D eigenvalue weighted by atomic mass is 10.2. The first-order chi connectivity index (χ1) is 19.0. The average Bonchev–Trinajstić information content (AvgIpc) is 2.94. The van der Waals surface area contributed by atoms with Gasteiger partial charge in [-0.2, -0.15) is 5.10 Å². The minimum Gasteiger partial charge on any atom is -0.490 e. The maximum atomic E-state index is 12.8. The van der Waals surface area contributed by atoms with Gasteiger partial charge in [-0.1, -0.05) is 68.1 Å². The molecule has 3 aromatic carbocycles. The summed E-state index contributed by atoms with van der Waals surface area (Å²) in [5.74, 6) is 1.73. The Morgan fingerprint density at radius 2 is 1.62 bits per heavy atom. The molecule has 0 aliphatic heterocycles. The highest BCUT2D eigenvalue weighted by Gasteiger charge is 2.14. The molecule has 3 aromatic rings. The van der Waals surface area contributed by atoms with Crippen molar-refractivity contribution in [2.24, 2.45) is 5.10 Å². The molecule has 0 bridgehead atoms. The van der Waals surface area contributed by atoms with Crippen molar-refractivity contribution in [1.82, 2.24) is 5.43 Å². The predicted octanol–water partition coefficient (Wildman–Crippen LogP) is 7.44. The molecule has 1 N–H and O–H groups in total. The molecule has 0 spiro atoms. The number of hydrogen-bond donors (Lipinski definition) is 1. The highest BCUT2D eigenvalue weighted by Crippen LogP contribution is 2.36. The van der Waals surface area contributed by atoms with E-state index in [1.54, 1.807) is 30.3 Å². The van der Waals surface area contributed by atoms with Gasteiger partial charge in [0.05, 0.1) is 31.1 Å². The van der Waals surface area contributed by atoms with Crippen molar-refractivity contribution in [3.63, 3.8) is 0 Å². The Bertz CT molecular complexity index is 1220. The number of ether oxygens (including phenoxy) is 4. The van der Waals surface area contributed by atoms with Crippen LogP contribution in [0.2, 0.25) is 5.02 Å². The fourth-order valence-electron chi connectivity index (χ4n) is 3.77. The van der Waals surface area contributed by atoms with E-state index in [2.05, 4.69) is 17.5 Å². The monoisotopic (exact) mass is 552 g/mol. The van der Waals surface area contributed by atoms with Crippen LogP contribution in [0.25, 0.3) is 0 Å². The highest BCUT2D eigenvalue weighted by molar-refractivity contribution is 6.32. The van der Waals surface area contributed by atoms with Gasteiger partial charge in [0.25, 0.3) is 5.91 Å². The summed E-state index contributed by atoms with van der Waals surface area (Å²) in [5, 5.41) is 4.54. The van der Waals surface area contributed by atoms with Gasteiger partial charge in [-0.3, -0.25) is 4.79 Å². The van der Waals surface area contributed by atoms with Gasteiger partial charge in [-0.15, -0.1) is 0 Å². The van der Waals surface area contributed by atoms with Crippen LogP contribution in [-0.2, 0) is 6.61 Å². The summed E-state index contributed by atoms with van der Waals surface area (Å²) in [7, 11) is 0. The van der Waals surface area contributed by atoms with E-state index in [9.17, 15) is 4.79 Å². The van der Waals surface area contributed by atoms with Crippen molar-refractivity contribution in [2.75, 3.05) is 19.8 Å². The fraction of sp³-hybridized carbons (Fsp3) is 0.355. The normalized spacial score (nSPS) is 10.9. The summed E-state index contributed by atoms with van der Waals surface area (Å²) in [5.41, 5.74) is 4.65. The zero-order valence-corrected chi connectivity index (χ0v) is 23.6. The van der Waals surface area contributed by atoms with Crippen LogP contribution in [0.1, 0.15) is 67.9 Å². The first kappa shape index (κ1) is 29.8. The van der Waals surface area contributed by atoms with Gasteiger partial charge in [-0.25, -0.2) is 5.43 Å². The van der Waals surface area contributed by atoms with Gasteiger partial charge in [0.15, 0.2) is 23.0 Å². The quantitative estimate of drug-likeness (QED) is 0.113. The van der Waals surface area contributed by atoms with Crippen molar-refractivity contribution in [2.45, 2.75) is 53.1 Å². The Hall–Kier alpha value is -3.71. The van der Waals surface area contributed by atoms with Crippen LogP contribution in [0.3, 0.4) is 0 Å². The number of amides is 1. The van der Waals surface area contributed by atoms with E-state index in [1.165, 1.54) is 12.6 Å². The number of hydrazone groups is 1. The Labute approximate surface area is 236 Å². The standard InChI is InChI=1S/C31H37ClN2O5/c1-4-7-8-12-17-38-30-26(32)18-24(19-29(30)37-6-3)21-33-34-31(35)25-15-16-27(28(20-25)36-5-2)39-22-23-13-10-9-11-14-23/h9-11,13-16,18-21H,4-8,12,17,22H2,1-3H3,(H,34,35)/b33-21+. The minimum atomic E-state index is -0.384. The summed E-state index contributed by atoms with van der Waals surface area (Å²) in [6.07, 6.45) is 5.92. The van der Waals surface area contributed by atoms with Crippen LogP contribution in [0.15, 0.2) is 65.8 Å². The highest BCUT2D eigenvalue weighted by atomic mass is 35.5. The zero-order valence-electron chi connectivity index (χ0n) is 22.9. The van der Waals surface area contributed by atoms with Crippen LogP contribution >= 0.6 is 11.6 Å². The van der Waals surface area contributed by atoms with E-state index in [0.717, 1.165) is 24.8 Å². The van der Waals surface area contributed by atoms with Gasteiger partial charge >= 0.3 is 0 Å². The summed E-state index contributed by atoms with van der Waals surface area (Å²) in [4.78, 5) is 12.8. The molecule has 1 amide bonds.